The second kappa shape index (κ2) is 4.92. The van der Waals surface area contributed by atoms with Gasteiger partial charge in [-0.25, -0.2) is 4.98 Å². The van der Waals surface area contributed by atoms with Gasteiger partial charge in [-0.05, 0) is 19.1 Å². The number of hydrogen-bond acceptors (Lipinski definition) is 3. The molecular formula is C12H8Cl2N2O2. The van der Waals surface area contributed by atoms with E-state index in [-0.39, 0.29) is 16.4 Å². The number of nitro groups is 1. The van der Waals surface area contributed by atoms with E-state index >= 15 is 0 Å². The SMILES string of the molecule is Cc1ccc([N+](=O)[O-])c(-c2cccc(Cl)c2Cl)n1. The van der Waals surface area contributed by atoms with Gasteiger partial charge in [0.2, 0.25) is 0 Å². The molecule has 4 nitrogen and oxygen atoms in total. The van der Waals surface area contributed by atoms with Crippen LogP contribution in [0.1, 0.15) is 5.69 Å². The molecule has 0 aliphatic rings. The molecule has 92 valence electrons. The quantitative estimate of drug-likeness (QED) is 0.610. The second-order valence-electron chi connectivity index (χ2n) is 3.68. The fourth-order valence-corrected chi connectivity index (χ4v) is 1.97. The van der Waals surface area contributed by atoms with Crippen molar-refractivity contribution in [2.24, 2.45) is 0 Å². The summed E-state index contributed by atoms with van der Waals surface area (Å²) < 4.78 is 0. The van der Waals surface area contributed by atoms with E-state index in [0.29, 0.717) is 16.3 Å². The Labute approximate surface area is 113 Å². The molecule has 0 bridgehead atoms. The first kappa shape index (κ1) is 12.8. The minimum atomic E-state index is -0.487. The van der Waals surface area contributed by atoms with Crippen LogP contribution in [-0.4, -0.2) is 9.91 Å². The number of aromatic nitrogens is 1. The Morgan fingerprint density at radius 3 is 2.61 bits per heavy atom. The van der Waals surface area contributed by atoms with Crippen molar-refractivity contribution < 1.29 is 4.92 Å². The monoisotopic (exact) mass is 282 g/mol. The number of pyridine rings is 1. The van der Waals surface area contributed by atoms with Crippen LogP contribution in [-0.2, 0) is 0 Å². The molecule has 0 atom stereocenters. The molecule has 1 heterocycles. The molecule has 0 N–H and O–H groups in total. The van der Waals surface area contributed by atoms with Crippen LogP contribution in [0, 0.1) is 17.0 Å². The van der Waals surface area contributed by atoms with E-state index in [1.54, 1.807) is 31.2 Å². The average molecular weight is 283 g/mol. The molecule has 6 heteroatoms. The van der Waals surface area contributed by atoms with Crippen LogP contribution >= 0.6 is 23.2 Å². The van der Waals surface area contributed by atoms with Gasteiger partial charge in [0, 0.05) is 17.3 Å². The summed E-state index contributed by atoms with van der Waals surface area (Å²) in [6, 6.07) is 7.95. The van der Waals surface area contributed by atoms with Crippen LogP contribution in [0.25, 0.3) is 11.3 Å². The molecule has 18 heavy (non-hydrogen) atoms. The van der Waals surface area contributed by atoms with E-state index < -0.39 is 4.92 Å². The predicted molar refractivity (Wildman–Crippen MR) is 71.1 cm³/mol. The van der Waals surface area contributed by atoms with Gasteiger partial charge in [0.15, 0.2) is 0 Å². The van der Waals surface area contributed by atoms with Gasteiger partial charge in [-0.3, -0.25) is 10.1 Å². The zero-order valence-corrected chi connectivity index (χ0v) is 10.9. The minimum Gasteiger partial charge on any atom is -0.258 e. The van der Waals surface area contributed by atoms with Gasteiger partial charge in [-0.1, -0.05) is 35.3 Å². The first-order valence-electron chi connectivity index (χ1n) is 5.07. The Kier molecular flexibility index (Phi) is 3.50. The van der Waals surface area contributed by atoms with Crippen LogP contribution in [0.15, 0.2) is 30.3 Å². The topological polar surface area (TPSA) is 56.0 Å². The lowest BCUT2D eigenvalue weighted by molar-refractivity contribution is -0.384. The molecule has 2 rings (SSSR count). The maximum absolute atomic E-state index is 11.0. The summed E-state index contributed by atoms with van der Waals surface area (Å²) in [7, 11) is 0. The van der Waals surface area contributed by atoms with E-state index in [1.807, 2.05) is 0 Å². The molecule has 2 aromatic rings. The van der Waals surface area contributed by atoms with E-state index in [9.17, 15) is 10.1 Å². The molecule has 0 aliphatic heterocycles. The van der Waals surface area contributed by atoms with E-state index in [1.165, 1.54) is 6.07 Å². The highest BCUT2D eigenvalue weighted by atomic mass is 35.5. The summed E-state index contributed by atoms with van der Waals surface area (Å²) in [6.07, 6.45) is 0. The highest BCUT2D eigenvalue weighted by Gasteiger charge is 2.19. The normalized spacial score (nSPS) is 10.4. The van der Waals surface area contributed by atoms with Crippen molar-refractivity contribution in [1.29, 1.82) is 0 Å². The largest absolute Gasteiger partial charge is 0.295 e. The third-order valence-corrected chi connectivity index (χ3v) is 3.24. The highest BCUT2D eigenvalue weighted by molar-refractivity contribution is 6.43. The maximum atomic E-state index is 11.0. The lowest BCUT2D eigenvalue weighted by Gasteiger charge is -2.06. The van der Waals surface area contributed by atoms with Crippen LogP contribution in [0.3, 0.4) is 0 Å². The number of rotatable bonds is 2. The molecule has 0 spiro atoms. The third kappa shape index (κ3) is 2.30. The molecule has 1 aromatic heterocycles. The third-order valence-electron chi connectivity index (χ3n) is 2.42. The molecule has 0 radical (unpaired) electrons. The summed E-state index contributed by atoms with van der Waals surface area (Å²) in [5.41, 5.74) is 1.27. The van der Waals surface area contributed by atoms with Crippen molar-refractivity contribution in [3.05, 3.63) is 56.2 Å². The number of benzene rings is 1. The Bertz CT molecular complexity index is 629. The summed E-state index contributed by atoms with van der Waals surface area (Å²) in [6.45, 7) is 1.76. The van der Waals surface area contributed by atoms with Gasteiger partial charge in [-0.2, -0.15) is 0 Å². The Morgan fingerprint density at radius 2 is 1.94 bits per heavy atom. The summed E-state index contributed by atoms with van der Waals surface area (Å²) in [5.74, 6) is 0. The summed E-state index contributed by atoms with van der Waals surface area (Å²) >= 11 is 12.0. The van der Waals surface area contributed by atoms with Crippen molar-refractivity contribution >= 4 is 28.9 Å². The smallest absolute Gasteiger partial charge is 0.258 e. The van der Waals surface area contributed by atoms with Crippen molar-refractivity contribution in [2.45, 2.75) is 6.92 Å². The molecule has 0 aliphatic carbocycles. The average Bonchev–Trinajstić information content (AvgIpc) is 2.32. The highest BCUT2D eigenvalue weighted by Crippen LogP contribution is 2.36. The van der Waals surface area contributed by atoms with Crippen LogP contribution in [0.4, 0.5) is 5.69 Å². The fraction of sp³-hybridized carbons (Fsp3) is 0.0833. The van der Waals surface area contributed by atoms with Crippen molar-refractivity contribution in [1.82, 2.24) is 4.98 Å². The molecule has 1 aromatic carbocycles. The Hall–Kier alpha value is -1.65. The lowest BCUT2D eigenvalue weighted by atomic mass is 10.1. The zero-order valence-electron chi connectivity index (χ0n) is 9.35. The Balaban J connectivity index is 2.73. The summed E-state index contributed by atoms with van der Waals surface area (Å²) in [5, 5.41) is 11.6. The van der Waals surface area contributed by atoms with E-state index in [0.717, 1.165) is 0 Å². The van der Waals surface area contributed by atoms with Crippen molar-refractivity contribution in [2.75, 3.05) is 0 Å². The predicted octanol–water partition coefficient (Wildman–Crippen LogP) is 4.27. The van der Waals surface area contributed by atoms with Crippen molar-refractivity contribution in [3.8, 4) is 11.3 Å². The van der Waals surface area contributed by atoms with Gasteiger partial charge >= 0.3 is 0 Å². The Morgan fingerprint density at radius 1 is 1.22 bits per heavy atom. The molecular weight excluding hydrogens is 275 g/mol. The first-order chi connectivity index (χ1) is 8.50. The van der Waals surface area contributed by atoms with Gasteiger partial charge in [0.25, 0.3) is 5.69 Å². The van der Waals surface area contributed by atoms with E-state index in [4.69, 9.17) is 23.2 Å². The first-order valence-corrected chi connectivity index (χ1v) is 5.82. The van der Waals surface area contributed by atoms with Crippen molar-refractivity contribution in [3.63, 3.8) is 0 Å². The molecule has 0 saturated carbocycles. The summed E-state index contributed by atoms with van der Waals surface area (Å²) in [4.78, 5) is 14.7. The van der Waals surface area contributed by atoms with Crippen LogP contribution < -0.4 is 0 Å². The standard InChI is InChI=1S/C12H8Cl2N2O2/c1-7-5-6-10(16(17)18)12(15-7)8-3-2-4-9(13)11(8)14/h2-6H,1H3. The number of hydrogen-bond donors (Lipinski definition) is 0. The van der Waals surface area contributed by atoms with Gasteiger partial charge in [0.1, 0.15) is 5.69 Å². The molecule has 0 fully saturated rings. The zero-order chi connectivity index (χ0) is 13.3. The molecule has 0 amide bonds. The van der Waals surface area contributed by atoms with Gasteiger partial charge in [-0.15, -0.1) is 0 Å². The molecule has 0 unspecified atom stereocenters. The van der Waals surface area contributed by atoms with Crippen LogP contribution in [0.5, 0.6) is 0 Å². The minimum absolute atomic E-state index is 0.0928. The fourth-order valence-electron chi connectivity index (χ4n) is 1.58. The maximum Gasteiger partial charge on any atom is 0.295 e. The van der Waals surface area contributed by atoms with Gasteiger partial charge < -0.3 is 0 Å². The number of nitrogens with zero attached hydrogens (tertiary/aromatic N) is 2. The number of aryl methyl sites for hydroxylation is 1. The lowest BCUT2D eigenvalue weighted by Crippen LogP contribution is -1.96. The molecule has 0 saturated heterocycles. The van der Waals surface area contributed by atoms with Crippen LogP contribution in [0.2, 0.25) is 10.0 Å². The van der Waals surface area contributed by atoms with Gasteiger partial charge in [0.05, 0.1) is 15.0 Å². The second-order valence-corrected chi connectivity index (χ2v) is 4.46. The van der Waals surface area contributed by atoms with E-state index in [2.05, 4.69) is 4.98 Å². The number of halogens is 2.